The molecule has 0 aliphatic rings. The topological polar surface area (TPSA) is 86.7 Å². The van der Waals surface area contributed by atoms with Crippen molar-refractivity contribution in [3.63, 3.8) is 0 Å². The van der Waals surface area contributed by atoms with Crippen LogP contribution in [0.4, 0.5) is 5.69 Å². The molecule has 0 fully saturated rings. The molecule has 0 atom stereocenters. The van der Waals surface area contributed by atoms with Crippen LogP contribution in [0, 0.1) is 10.1 Å². The zero-order chi connectivity index (χ0) is 34.8. The monoisotopic (exact) mass is 669 g/mol. The first kappa shape index (κ1) is 29.6. The number of aromatic nitrogens is 4. The van der Waals surface area contributed by atoms with Crippen molar-refractivity contribution in [1.29, 1.82) is 0 Å². The van der Waals surface area contributed by atoms with Crippen LogP contribution in [0.5, 0.6) is 0 Å². The van der Waals surface area contributed by atoms with Gasteiger partial charge >= 0.3 is 0 Å². The SMILES string of the molecule is O=[N+]([O-])c1ccccc1-c1ccc2c(c1)c1cccc3c1c1c2cccc1n3-c1nc(-c2ccccc2)nc(-c2ccc(-c3ccccc3)cc2)n1. The predicted octanol–water partition coefficient (Wildman–Crippen LogP) is 11.3. The number of nitro benzene ring substituents is 1. The largest absolute Gasteiger partial charge is 0.278 e. The van der Waals surface area contributed by atoms with Gasteiger partial charge in [-0.25, -0.2) is 4.98 Å². The van der Waals surface area contributed by atoms with Crippen molar-refractivity contribution in [2.24, 2.45) is 0 Å². The van der Waals surface area contributed by atoms with E-state index in [9.17, 15) is 10.1 Å². The van der Waals surface area contributed by atoms with Gasteiger partial charge in [-0.15, -0.1) is 0 Å². The van der Waals surface area contributed by atoms with Crippen LogP contribution in [-0.2, 0) is 0 Å². The summed E-state index contributed by atoms with van der Waals surface area (Å²) >= 11 is 0. The highest BCUT2D eigenvalue weighted by atomic mass is 16.6. The van der Waals surface area contributed by atoms with Gasteiger partial charge in [-0.05, 0) is 62.5 Å². The van der Waals surface area contributed by atoms with Gasteiger partial charge < -0.3 is 0 Å². The molecular formula is C45H27N5O2. The number of hydrogen-bond acceptors (Lipinski definition) is 5. The molecule has 52 heavy (non-hydrogen) atoms. The fraction of sp³-hybridized carbons (Fsp3) is 0. The van der Waals surface area contributed by atoms with Gasteiger partial charge in [0.05, 0.1) is 21.5 Å². The first-order chi connectivity index (χ1) is 25.6. The van der Waals surface area contributed by atoms with Gasteiger partial charge in [-0.3, -0.25) is 14.7 Å². The first-order valence-corrected chi connectivity index (χ1v) is 17.0. The number of para-hydroxylation sites is 1. The van der Waals surface area contributed by atoms with Crippen LogP contribution in [0.1, 0.15) is 0 Å². The molecule has 0 bridgehead atoms. The summed E-state index contributed by atoms with van der Waals surface area (Å²) in [5, 5.41) is 18.4. The minimum atomic E-state index is -0.321. The summed E-state index contributed by atoms with van der Waals surface area (Å²) in [6.45, 7) is 0. The van der Waals surface area contributed by atoms with E-state index in [1.807, 2.05) is 66.7 Å². The Morgan fingerprint density at radius 2 is 0.962 bits per heavy atom. The summed E-state index contributed by atoms with van der Waals surface area (Å²) in [7, 11) is 0. The molecule has 0 unspecified atom stereocenters. The van der Waals surface area contributed by atoms with E-state index in [2.05, 4.69) is 89.5 Å². The van der Waals surface area contributed by atoms with E-state index in [1.54, 1.807) is 12.1 Å². The molecule has 0 aliphatic heterocycles. The summed E-state index contributed by atoms with van der Waals surface area (Å²) in [5.41, 5.74) is 7.48. The Bertz CT molecular complexity index is 2970. The zero-order valence-electron chi connectivity index (χ0n) is 27.6. The third kappa shape index (κ3) is 4.64. The number of nitro groups is 1. The summed E-state index contributed by atoms with van der Waals surface area (Å²) in [6, 6.07) is 54.3. The Labute approximate surface area is 297 Å². The number of fused-ring (bicyclic) bond motifs is 3. The van der Waals surface area contributed by atoms with Gasteiger partial charge in [0.2, 0.25) is 5.95 Å². The molecule has 0 N–H and O–H groups in total. The number of nitrogens with zero attached hydrogens (tertiary/aromatic N) is 5. The number of hydrogen-bond donors (Lipinski definition) is 0. The van der Waals surface area contributed by atoms with Crippen LogP contribution in [0.3, 0.4) is 0 Å². The van der Waals surface area contributed by atoms with E-state index in [-0.39, 0.29) is 10.6 Å². The molecule has 7 nitrogen and oxygen atoms in total. The number of benzene rings is 8. The van der Waals surface area contributed by atoms with E-state index in [0.29, 0.717) is 23.2 Å². The molecular weight excluding hydrogens is 643 g/mol. The maximum atomic E-state index is 12.0. The van der Waals surface area contributed by atoms with Gasteiger partial charge in [0.25, 0.3) is 5.69 Å². The summed E-state index contributed by atoms with van der Waals surface area (Å²) in [4.78, 5) is 26.9. The predicted molar refractivity (Wildman–Crippen MR) is 209 cm³/mol. The van der Waals surface area contributed by atoms with E-state index in [0.717, 1.165) is 71.2 Å². The van der Waals surface area contributed by atoms with Gasteiger partial charge in [-0.2, -0.15) is 9.97 Å². The minimum absolute atomic E-state index is 0.0833. The van der Waals surface area contributed by atoms with Crippen molar-refractivity contribution in [3.8, 4) is 51.0 Å². The van der Waals surface area contributed by atoms with Crippen LogP contribution in [-0.4, -0.2) is 24.4 Å². The third-order valence-corrected chi connectivity index (χ3v) is 9.93. The van der Waals surface area contributed by atoms with Crippen LogP contribution in [0.15, 0.2) is 164 Å². The highest BCUT2D eigenvalue weighted by molar-refractivity contribution is 6.34. The van der Waals surface area contributed by atoms with Crippen molar-refractivity contribution >= 4 is 49.0 Å². The maximum absolute atomic E-state index is 12.0. The number of rotatable bonds is 6. The normalized spacial score (nSPS) is 11.6. The lowest BCUT2D eigenvalue weighted by atomic mass is 9.92. The summed E-state index contributed by atoms with van der Waals surface area (Å²) < 4.78 is 2.14. The van der Waals surface area contributed by atoms with Crippen molar-refractivity contribution in [1.82, 2.24) is 19.5 Å². The lowest BCUT2D eigenvalue weighted by Crippen LogP contribution is -2.06. The maximum Gasteiger partial charge on any atom is 0.277 e. The van der Waals surface area contributed by atoms with Gasteiger partial charge in [-0.1, -0.05) is 133 Å². The van der Waals surface area contributed by atoms with Crippen molar-refractivity contribution < 1.29 is 4.92 Å². The molecule has 7 heteroatoms. The molecule has 0 radical (unpaired) electrons. The average molecular weight is 670 g/mol. The molecule has 0 saturated heterocycles. The molecule has 8 aromatic carbocycles. The van der Waals surface area contributed by atoms with Crippen LogP contribution in [0.25, 0.3) is 94.3 Å². The fourth-order valence-corrected chi connectivity index (χ4v) is 7.57. The standard InChI is InChI=1S/C45H27N5O2/c51-50(52)38-18-8-7-15-33(38)32-25-26-34-35-16-9-19-39-41(35)42-36(37(34)27-32)17-10-20-40(42)49(39)45-47-43(30-13-5-2-6-14-30)46-44(48-45)31-23-21-29(22-24-31)28-11-3-1-4-12-28/h1-27H. The van der Waals surface area contributed by atoms with Crippen LogP contribution >= 0.6 is 0 Å². The first-order valence-electron chi connectivity index (χ1n) is 17.0. The van der Waals surface area contributed by atoms with Crippen LogP contribution < -0.4 is 0 Å². The summed E-state index contributed by atoms with van der Waals surface area (Å²) in [6.07, 6.45) is 0. The van der Waals surface area contributed by atoms with E-state index >= 15 is 0 Å². The fourth-order valence-electron chi connectivity index (χ4n) is 7.57. The van der Waals surface area contributed by atoms with Crippen LogP contribution in [0.2, 0.25) is 0 Å². The second-order valence-electron chi connectivity index (χ2n) is 12.9. The molecule has 2 heterocycles. The molecule has 0 spiro atoms. The lowest BCUT2D eigenvalue weighted by molar-refractivity contribution is -0.384. The van der Waals surface area contributed by atoms with Crippen molar-refractivity contribution in [2.75, 3.05) is 0 Å². The summed E-state index contributed by atoms with van der Waals surface area (Å²) in [5.74, 6) is 1.69. The highest BCUT2D eigenvalue weighted by Gasteiger charge is 2.23. The second-order valence-corrected chi connectivity index (χ2v) is 12.9. The molecule has 0 amide bonds. The molecule has 0 aliphatic carbocycles. The van der Waals surface area contributed by atoms with E-state index in [1.165, 1.54) is 0 Å². The van der Waals surface area contributed by atoms with Gasteiger partial charge in [0.15, 0.2) is 11.6 Å². The minimum Gasteiger partial charge on any atom is -0.278 e. The zero-order valence-corrected chi connectivity index (χ0v) is 27.6. The molecule has 10 aromatic rings. The Kier molecular flexibility index (Phi) is 6.66. The quantitative estimate of drug-likeness (QED) is 0.0999. The second kappa shape index (κ2) is 11.7. The Hall–Kier alpha value is -7.25. The van der Waals surface area contributed by atoms with Gasteiger partial charge in [0.1, 0.15) is 0 Å². The van der Waals surface area contributed by atoms with Crippen molar-refractivity contribution in [2.45, 2.75) is 0 Å². The Morgan fingerprint density at radius 1 is 0.442 bits per heavy atom. The molecule has 10 rings (SSSR count). The average Bonchev–Trinajstić information content (AvgIpc) is 3.56. The van der Waals surface area contributed by atoms with Crippen molar-refractivity contribution in [3.05, 3.63) is 174 Å². The Morgan fingerprint density at radius 3 is 1.62 bits per heavy atom. The third-order valence-electron chi connectivity index (χ3n) is 9.93. The van der Waals surface area contributed by atoms with E-state index in [4.69, 9.17) is 15.0 Å². The lowest BCUT2D eigenvalue weighted by Gasteiger charge is -2.11. The van der Waals surface area contributed by atoms with E-state index < -0.39 is 0 Å². The Balaban J connectivity index is 1.22. The highest BCUT2D eigenvalue weighted by Crippen LogP contribution is 2.44. The smallest absolute Gasteiger partial charge is 0.277 e. The molecule has 2 aromatic heterocycles. The molecule has 244 valence electrons. The van der Waals surface area contributed by atoms with Gasteiger partial charge in [0, 0.05) is 28.0 Å². The molecule has 0 saturated carbocycles.